The quantitative estimate of drug-likeness (QED) is 0.898. The summed E-state index contributed by atoms with van der Waals surface area (Å²) in [6.07, 6.45) is 6.79. The summed E-state index contributed by atoms with van der Waals surface area (Å²) in [6.45, 7) is 6.11. The highest BCUT2D eigenvalue weighted by Gasteiger charge is 2.25. The molecule has 0 radical (unpaired) electrons. The summed E-state index contributed by atoms with van der Waals surface area (Å²) in [7, 11) is 0. The second-order valence-corrected chi connectivity index (χ2v) is 6.75. The van der Waals surface area contributed by atoms with Crippen molar-refractivity contribution in [3.63, 3.8) is 0 Å². The number of fused-ring (bicyclic) bond motifs is 1. The van der Waals surface area contributed by atoms with Gasteiger partial charge in [-0.25, -0.2) is 0 Å². The summed E-state index contributed by atoms with van der Waals surface area (Å²) in [4.78, 5) is 2.56. The molecule has 19 heavy (non-hydrogen) atoms. The van der Waals surface area contributed by atoms with E-state index in [-0.39, 0.29) is 0 Å². The van der Waals surface area contributed by atoms with Crippen molar-refractivity contribution in [3.05, 3.63) is 29.3 Å². The van der Waals surface area contributed by atoms with E-state index in [1.165, 1.54) is 43.5 Å². The fourth-order valence-electron chi connectivity index (χ4n) is 3.54. The second kappa shape index (κ2) is 4.82. The molecule has 2 aliphatic rings. The van der Waals surface area contributed by atoms with E-state index in [1.54, 1.807) is 0 Å². The Morgan fingerprint density at radius 2 is 2.00 bits per heavy atom. The molecular weight excluding hydrogens is 234 g/mol. The van der Waals surface area contributed by atoms with Crippen LogP contribution in [0.3, 0.4) is 0 Å². The van der Waals surface area contributed by atoms with Gasteiger partial charge in [-0.1, -0.05) is 25.0 Å². The molecule has 1 aromatic rings. The van der Waals surface area contributed by atoms with Crippen molar-refractivity contribution in [2.45, 2.75) is 51.6 Å². The van der Waals surface area contributed by atoms with Crippen LogP contribution in [0.2, 0.25) is 0 Å². The number of hydrogen-bond donors (Lipinski definition) is 1. The van der Waals surface area contributed by atoms with Crippen LogP contribution in [0.5, 0.6) is 0 Å². The van der Waals surface area contributed by atoms with Crippen LogP contribution in [0.4, 0.5) is 5.69 Å². The molecule has 0 amide bonds. The summed E-state index contributed by atoms with van der Waals surface area (Å²) >= 11 is 0. The topological polar surface area (TPSA) is 23.5 Å². The average molecular weight is 259 g/mol. The predicted molar refractivity (Wildman–Crippen MR) is 79.6 cm³/mol. The molecule has 2 nitrogen and oxygen atoms in total. The van der Waals surface area contributed by atoms with Gasteiger partial charge in [-0.2, -0.15) is 0 Å². The van der Waals surface area contributed by atoms with Crippen LogP contribution in [-0.4, -0.2) is 18.2 Å². The van der Waals surface area contributed by atoms with Gasteiger partial charge in [0, 0.05) is 18.8 Å². The fourth-order valence-corrected chi connectivity index (χ4v) is 3.54. The zero-order chi connectivity index (χ0) is 13.5. The van der Waals surface area contributed by atoms with Crippen molar-refractivity contribution in [3.8, 4) is 0 Å². The van der Waals surface area contributed by atoms with Gasteiger partial charge in [0.1, 0.15) is 0 Å². The Morgan fingerprint density at radius 1 is 1.26 bits per heavy atom. The highest BCUT2D eigenvalue weighted by Crippen LogP contribution is 2.34. The molecular formula is C17H25NO. The SMILES string of the molecule is CC(C)(O)c1ccc2c(c1)CCN2CC1CCCC1. The van der Waals surface area contributed by atoms with Gasteiger partial charge in [0.05, 0.1) is 5.60 Å². The Hall–Kier alpha value is -1.02. The summed E-state index contributed by atoms with van der Waals surface area (Å²) in [5.41, 5.74) is 3.12. The van der Waals surface area contributed by atoms with Crippen LogP contribution in [-0.2, 0) is 12.0 Å². The lowest BCUT2D eigenvalue weighted by molar-refractivity contribution is 0.0785. The normalized spacial score (nSPS) is 20.1. The van der Waals surface area contributed by atoms with E-state index in [2.05, 4.69) is 23.1 Å². The van der Waals surface area contributed by atoms with Crippen LogP contribution in [0, 0.1) is 5.92 Å². The summed E-state index contributed by atoms with van der Waals surface area (Å²) in [5, 5.41) is 10.1. The smallest absolute Gasteiger partial charge is 0.0840 e. The zero-order valence-corrected chi connectivity index (χ0v) is 12.2. The first kappa shape index (κ1) is 13.0. The molecule has 0 saturated heterocycles. The third-order valence-electron chi connectivity index (χ3n) is 4.73. The standard InChI is InChI=1S/C17H25NO/c1-17(2,19)15-7-8-16-14(11-15)9-10-18(16)12-13-5-3-4-6-13/h7-8,11,13,19H,3-6,9-10,12H2,1-2H3. The first-order valence-electron chi connectivity index (χ1n) is 7.65. The van der Waals surface area contributed by atoms with Crippen molar-refractivity contribution in [1.29, 1.82) is 0 Å². The van der Waals surface area contributed by atoms with E-state index >= 15 is 0 Å². The molecule has 1 aromatic carbocycles. The molecule has 0 unspecified atom stereocenters. The maximum absolute atomic E-state index is 10.1. The van der Waals surface area contributed by atoms with Crippen molar-refractivity contribution in [1.82, 2.24) is 0 Å². The van der Waals surface area contributed by atoms with Gasteiger partial charge in [-0.15, -0.1) is 0 Å². The largest absolute Gasteiger partial charge is 0.386 e. The molecule has 1 fully saturated rings. The molecule has 1 heterocycles. The Morgan fingerprint density at radius 3 is 2.68 bits per heavy atom. The van der Waals surface area contributed by atoms with E-state index in [4.69, 9.17) is 0 Å². The van der Waals surface area contributed by atoms with Gasteiger partial charge < -0.3 is 10.0 Å². The van der Waals surface area contributed by atoms with Crippen molar-refractivity contribution >= 4 is 5.69 Å². The van der Waals surface area contributed by atoms with Crippen molar-refractivity contribution < 1.29 is 5.11 Å². The molecule has 0 bridgehead atoms. The maximum Gasteiger partial charge on any atom is 0.0840 e. The van der Waals surface area contributed by atoms with E-state index in [0.29, 0.717) is 0 Å². The number of hydrogen-bond acceptors (Lipinski definition) is 2. The van der Waals surface area contributed by atoms with Crippen LogP contribution < -0.4 is 4.90 Å². The lowest BCUT2D eigenvalue weighted by Crippen LogP contribution is -2.26. The monoisotopic (exact) mass is 259 g/mol. The van der Waals surface area contributed by atoms with Crippen LogP contribution in [0.25, 0.3) is 0 Å². The third kappa shape index (κ3) is 2.64. The number of benzene rings is 1. The fraction of sp³-hybridized carbons (Fsp3) is 0.647. The summed E-state index contributed by atoms with van der Waals surface area (Å²) in [5.74, 6) is 0.903. The van der Waals surface area contributed by atoms with Gasteiger partial charge >= 0.3 is 0 Å². The van der Waals surface area contributed by atoms with E-state index < -0.39 is 5.60 Å². The van der Waals surface area contributed by atoms with Crippen LogP contribution >= 0.6 is 0 Å². The van der Waals surface area contributed by atoms with E-state index in [0.717, 1.165) is 24.4 Å². The molecule has 0 aromatic heterocycles. The van der Waals surface area contributed by atoms with Crippen LogP contribution in [0.1, 0.15) is 50.7 Å². The van der Waals surface area contributed by atoms with Gasteiger partial charge in [-0.3, -0.25) is 0 Å². The van der Waals surface area contributed by atoms with Crippen molar-refractivity contribution in [2.24, 2.45) is 5.92 Å². The lowest BCUT2D eigenvalue weighted by Gasteiger charge is -2.24. The first-order valence-corrected chi connectivity index (χ1v) is 7.65. The van der Waals surface area contributed by atoms with E-state index in [1.807, 2.05) is 13.8 Å². The summed E-state index contributed by atoms with van der Waals surface area (Å²) < 4.78 is 0. The Bertz CT molecular complexity index is 455. The van der Waals surface area contributed by atoms with Crippen molar-refractivity contribution in [2.75, 3.05) is 18.0 Å². The predicted octanol–water partition coefficient (Wildman–Crippen LogP) is 3.47. The molecule has 1 N–H and O–H groups in total. The molecule has 1 aliphatic carbocycles. The minimum absolute atomic E-state index is 0.728. The number of anilines is 1. The highest BCUT2D eigenvalue weighted by atomic mass is 16.3. The zero-order valence-electron chi connectivity index (χ0n) is 12.2. The van der Waals surface area contributed by atoms with Gasteiger partial charge in [0.15, 0.2) is 0 Å². The minimum Gasteiger partial charge on any atom is -0.386 e. The molecule has 1 saturated carbocycles. The Kier molecular flexibility index (Phi) is 3.30. The molecule has 3 rings (SSSR count). The molecule has 1 aliphatic heterocycles. The maximum atomic E-state index is 10.1. The molecule has 0 atom stereocenters. The minimum atomic E-state index is -0.728. The van der Waals surface area contributed by atoms with Gasteiger partial charge in [0.25, 0.3) is 0 Å². The Labute approximate surface area is 116 Å². The first-order chi connectivity index (χ1) is 9.04. The van der Waals surface area contributed by atoms with E-state index in [9.17, 15) is 5.11 Å². The number of nitrogens with zero attached hydrogens (tertiary/aromatic N) is 1. The van der Waals surface area contributed by atoms with Crippen LogP contribution in [0.15, 0.2) is 18.2 Å². The Balaban J connectivity index is 1.77. The molecule has 2 heteroatoms. The molecule has 0 spiro atoms. The third-order valence-corrected chi connectivity index (χ3v) is 4.73. The highest BCUT2D eigenvalue weighted by molar-refractivity contribution is 5.59. The second-order valence-electron chi connectivity index (χ2n) is 6.75. The number of rotatable bonds is 3. The van der Waals surface area contributed by atoms with Gasteiger partial charge in [-0.05, 0) is 56.2 Å². The average Bonchev–Trinajstić information content (AvgIpc) is 2.98. The van der Waals surface area contributed by atoms with Gasteiger partial charge in [0.2, 0.25) is 0 Å². The summed E-state index contributed by atoms with van der Waals surface area (Å²) in [6, 6.07) is 6.50. The lowest BCUT2D eigenvalue weighted by atomic mass is 9.95. The molecule has 104 valence electrons. The number of aliphatic hydroxyl groups is 1.